The van der Waals surface area contributed by atoms with Crippen LogP contribution in [0.2, 0.25) is 5.02 Å². The van der Waals surface area contributed by atoms with Gasteiger partial charge in [0, 0.05) is 0 Å². The van der Waals surface area contributed by atoms with Crippen molar-refractivity contribution in [1.29, 1.82) is 0 Å². The summed E-state index contributed by atoms with van der Waals surface area (Å²) >= 11 is 5.88. The summed E-state index contributed by atoms with van der Waals surface area (Å²) in [5, 5.41) is 8.91. The van der Waals surface area contributed by atoms with Crippen molar-refractivity contribution in [2.24, 2.45) is 0 Å². The molecule has 0 bridgehead atoms. The minimum Gasteiger partial charge on any atom is -0.478 e. The highest BCUT2D eigenvalue weighted by atomic mass is 35.5. The van der Waals surface area contributed by atoms with E-state index in [1.165, 1.54) is 12.1 Å². The normalized spacial score (nSPS) is 11.1. The Balaban J connectivity index is 3.33. The number of carboxylic acids is 1. The molecule has 98 valence electrons. The molecule has 0 unspecified atom stereocenters. The molecule has 1 aromatic carbocycles. The molecule has 1 rings (SSSR count). The third-order valence-electron chi connectivity index (χ3n) is 2.01. The first-order valence-corrected chi connectivity index (χ1v) is 5.56. The quantitative estimate of drug-likeness (QED) is 0.637. The maximum absolute atomic E-state index is 11.9. The smallest absolute Gasteiger partial charge is 0.341 e. The Morgan fingerprint density at radius 3 is 2.33 bits per heavy atom. The van der Waals surface area contributed by atoms with Crippen molar-refractivity contribution in [1.82, 2.24) is 0 Å². The number of hydrogen-bond donors (Lipinski definition) is 2. The van der Waals surface area contributed by atoms with Crippen LogP contribution in [0.25, 0.3) is 0 Å². The average molecular weight is 272 g/mol. The number of nitrogens with two attached hydrogens (primary N) is 1. The van der Waals surface area contributed by atoms with E-state index in [9.17, 15) is 9.59 Å². The van der Waals surface area contributed by atoms with Gasteiger partial charge in [-0.1, -0.05) is 11.6 Å². The summed E-state index contributed by atoms with van der Waals surface area (Å²) in [4.78, 5) is 23.0. The van der Waals surface area contributed by atoms with Gasteiger partial charge in [0.25, 0.3) is 0 Å². The van der Waals surface area contributed by atoms with Crippen molar-refractivity contribution in [3.8, 4) is 0 Å². The Hall–Kier alpha value is -1.75. The van der Waals surface area contributed by atoms with Gasteiger partial charge in [0.15, 0.2) is 0 Å². The van der Waals surface area contributed by atoms with E-state index in [0.717, 1.165) is 0 Å². The molecule has 0 amide bonds. The molecule has 0 aliphatic carbocycles. The number of aromatic carboxylic acids is 1. The molecule has 0 aliphatic heterocycles. The highest BCUT2D eigenvalue weighted by Crippen LogP contribution is 2.28. The molecule has 0 saturated heterocycles. The molecule has 1 aromatic rings. The number of esters is 1. The number of carbonyl (C=O) groups excluding carboxylic acids is 1. The van der Waals surface area contributed by atoms with E-state index in [1.54, 1.807) is 20.8 Å². The van der Waals surface area contributed by atoms with E-state index < -0.39 is 17.5 Å². The van der Waals surface area contributed by atoms with Crippen molar-refractivity contribution in [3.63, 3.8) is 0 Å². The minimum atomic E-state index is -1.27. The van der Waals surface area contributed by atoms with Crippen LogP contribution < -0.4 is 5.73 Å². The van der Waals surface area contributed by atoms with Crippen LogP contribution in [0.15, 0.2) is 12.1 Å². The SMILES string of the molecule is CC(C)(C)OC(=O)c1c(C(=O)O)ccc(N)c1Cl. The molecule has 0 heterocycles. The van der Waals surface area contributed by atoms with Crippen LogP contribution in [-0.4, -0.2) is 22.6 Å². The predicted octanol–water partition coefficient (Wildman–Crippen LogP) is 2.58. The molecule has 0 radical (unpaired) electrons. The summed E-state index contributed by atoms with van der Waals surface area (Å²) in [5.74, 6) is -2.07. The van der Waals surface area contributed by atoms with Gasteiger partial charge < -0.3 is 15.6 Å². The van der Waals surface area contributed by atoms with Crippen molar-refractivity contribution < 1.29 is 19.4 Å². The van der Waals surface area contributed by atoms with Gasteiger partial charge in [-0.25, -0.2) is 9.59 Å². The maximum atomic E-state index is 11.9. The van der Waals surface area contributed by atoms with Crippen LogP contribution in [0.1, 0.15) is 41.5 Å². The van der Waals surface area contributed by atoms with Gasteiger partial charge >= 0.3 is 11.9 Å². The second-order valence-corrected chi connectivity index (χ2v) is 5.08. The lowest BCUT2D eigenvalue weighted by Crippen LogP contribution is -2.25. The number of carbonyl (C=O) groups is 2. The Bertz CT molecular complexity index is 506. The van der Waals surface area contributed by atoms with Crippen LogP contribution in [0.5, 0.6) is 0 Å². The molecule has 5 nitrogen and oxygen atoms in total. The fourth-order valence-electron chi connectivity index (χ4n) is 1.30. The Morgan fingerprint density at radius 2 is 1.89 bits per heavy atom. The van der Waals surface area contributed by atoms with Crippen molar-refractivity contribution in [2.75, 3.05) is 5.73 Å². The molecule has 6 heteroatoms. The van der Waals surface area contributed by atoms with Gasteiger partial charge in [-0.05, 0) is 32.9 Å². The molecule has 0 spiro atoms. The van der Waals surface area contributed by atoms with Gasteiger partial charge in [0.2, 0.25) is 0 Å². The number of nitrogen functional groups attached to an aromatic ring is 1. The van der Waals surface area contributed by atoms with E-state index >= 15 is 0 Å². The first-order chi connectivity index (χ1) is 8.13. The van der Waals surface area contributed by atoms with Gasteiger partial charge in [0.05, 0.1) is 21.8 Å². The molecule has 0 saturated carbocycles. The molecule has 3 N–H and O–H groups in total. The lowest BCUT2D eigenvalue weighted by Gasteiger charge is -2.20. The molecule has 18 heavy (non-hydrogen) atoms. The average Bonchev–Trinajstić information content (AvgIpc) is 2.18. The Morgan fingerprint density at radius 1 is 1.33 bits per heavy atom. The van der Waals surface area contributed by atoms with Gasteiger partial charge in [0.1, 0.15) is 5.60 Å². The monoisotopic (exact) mass is 271 g/mol. The fraction of sp³-hybridized carbons (Fsp3) is 0.333. The number of anilines is 1. The molecular weight excluding hydrogens is 258 g/mol. The van der Waals surface area contributed by atoms with E-state index in [-0.39, 0.29) is 21.8 Å². The number of halogens is 1. The summed E-state index contributed by atoms with van der Waals surface area (Å²) < 4.78 is 5.11. The zero-order valence-corrected chi connectivity index (χ0v) is 11.0. The Labute approximate surface area is 109 Å². The van der Waals surface area contributed by atoms with Gasteiger partial charge in [-0.2, -0.15) is 0 Å². The first-order valence-electron chi connectivity index (χ1n) is 5.18. The summed E-state index contributed by atoms with van der Waals surface area (Å²) in [6.07, 6.45) is 0. The summed E-state index contributed by atoms with van der Waals surface area (Å²) in [5.41, 5.74) is 4.48. The zero-order valence-electron chi connectivity index (χ0n) is 10.3. The highest BCUT2D eigenvalue weighted by molar-refractivity contribution is 6.36. The zero-order chi connectivity index (χ0) is 14.1. The molecule has 0 atom stereocenters. The van der Waals surface area contributed by atoms with Crippen LogP contribution >= 0.6 is 11.6 Å². The summed E-state index contributed by atoms with van der Waals surface area (Å²) in [7, 11) is 0. The Kier molecular flexibility index (Phi) is 3.86. The van der Waals surface area contributed by atoms with Crippen molar-refractivity contribution >= 4 is 29.2 Å². The van der Waals surface area contributed by atoms with E-state index in [1.807, 2.05) is 0 Å². The van der Waals surface area contributed by atoms with Crippen molar-refractivity contribution in [3.05, 3.63) is 28.3 Å². The lowest BCUT2D eigenvalue weighted by molar-refractivity contribution is 0.00661. The summed E-state index contributed by atoms with van der Waals surface area (Å²) in [6, 6.07) is 2.56. The standard InChI is InChI=1S/C12H14ClNO4/c1-12(2,3)18-11(17)8-6(10(15)16)4-5-7(14)9(8)13/h4-5H,14H2,1-3H3,(H,15,16). The van der Waals surface area contributed by atoms with Crippen LogP contribution in [0.4, 0.5) is 5.69 Å². The van der Waals surface area contributed by atoms with Crippen molar-refractivity contribution in [2.45, 2.75) is 26.4 Å². The lowest BCUT2D eigenvalue weighted by atomic mass is 10.1. The fourth-order valence-corrected chi connectivity index (χ4v) is 1.54. The topological polar surface area (TPSA) is 89.6 Å². The van der Waals surface area contributed by atoms with E-state index in [0.29, 0.717) is 0 Å². The molecule has 0 aliphatic rings. The van der Waals surface area contributed by atoms with Crippen LogP contribution in [0.3, 0.4) is 0 Å². The minimum absolute atomic E-state index is 0.107. The first kappa shape index (κ1) is 14.3. The van der Waals surface area contributed by atoms with Gasteiger partial charge in [-0.3, -0.25) is 0 Å². The third kappa shape index (κ3) is 3.13. The largest absolute Gasteiger partial charge is 0.478 e. The molecule has 0 fully saturated rings. The van der Waals surface area contributed by atoms with Crippen LogP contribution in [0, 0.1) is 0 Å². The van der Waals surface area contributed by atoms with Gasteiger partial charge in [-0.15, -0.1) is 0 Å². The summed E-state index contributed by atoms with van der Waals surface area (Å²) in [6.45, 7) is 5.02. The number of carboxylic acid groups (broad SMARTS) is 1. The molecule has 0 aromatic heterocycles. The second-order valence-electron chi connectivity index (χ2n) is 4.70. The van der Waals surface area contributed by atoms with Crippen LogP contribution in [-0.2, 0) is 4.74 Å². The number of benzene rings is 1. The number of ether oxygens (including phenoxy) is 1. The third-order valence-corrected chi connectivity index (χ3v) is 2.41. The maximum Gasteiger partial charge on any atom is 0.341 e. The van der Waals surface area contributed by atoms with E-state index in [4.69, 9.17) is 27.2 Å². The second kappa shape index (κ2) is 4.86. The molecular formula is C12H14ClNO4. The predicted molar refractivity (Wildman–Crippen MR) is 68.0 cm³/mol. The number of hydrogen-bond acceptors (Lipinski definition) is 4. The number of rotatable bonds is 2. The van der Waals surface area contributed by atoms with E-state index in [2.05, 4.69) is 0 Å². The highest BCUT2D eigenvalue weighted by Gasteiger charge is 2.26.